The second kappa shape index (κ2) is 5.69. The summed E-state index contributed by atoms with van der Waals surface area (Å²) in [4.78, 5) is 15.2. The van der Waals surface area contributed by atoms with Crippen LogP contribution in [0.15, 0.2) is 18.2 Å². The average Bonchev–Trinajstić information content (AvgIpc) is 2.67. The lowest BCUT2D eigenvalue weighted by Gasteiger charge is -2.08. The lowest BCUT2D eigenvalue weighted by molar-refractivity contribution is -0.137. The molecule has 0 fully saturated rings. The number of nitrogens with one attached hydrogen (secondary N) is 1. The van der Waals surface area contributed by atoms with E-state index in [0.29, 0.717) is 23.5 Å². The number of halogens is 1. The molecule has 5 nitrogen and oxygen atoms in total. The zero-order valence-corrected chi connectivity index (χ0v) is 10.7. The van der Waals surface area contributed by atoms with Crippen LogP contribution >= 0.6 is 0 Å². The molecule has 2 N–H and O–H groups in total. The highest BCUT2D eigenvalue weighted by Crippen LogP contribution is 2.20. The Morgan fingerprint density at radius 3 is 3.00 bits per heavy atom. The number of hydrogen-bond donors (Lipinski definition) is 2. The zero-order chi connectivity index (χ0) is 13.8. The molecule has 0 aliphatic rings. The minimum atomic E-state index is -0.984. The van der Waals surface area contributed by atoms with Gasteiger partial charge in [-0.2, -0.15) is 0 Å². The van der Waals surface area contributed by atoms with Crippen LogP contribution in [0.2, 0.25) is 0 Å². The number of fused-ring (bicyclic) bond motifs is 1. The smallest absolute Gasteiger partial charge is 0.323 e. The number of carboxylic acids is 1. The van der Waals surface area contributed by atoms with Crippen molar-refractivity contribution in [3.8, 4) is 0 Å². The Balaban J connectivity index is 2.39. The molecule has 0 atom stereocenters. The van der Waals surface area contributed by atoms with E-state index in [1.807, 2.05) is 0 Å². The maximum absolute atomic E-state index is 13.3. The third-order valence-corrected chi connectivity index (χ3v) is 2.82. The second-order valence-corrected chi connectivity index (χ2v) is 4.33. The standard InChI is InChI=1S/C13H16FN3O2/c1-2-3-6-15-13-16-10-5-4-9(14)7-11(10)17(13)8-12(18)19/h4-5,7H,2-3,6,8H2,1H3,(H,15,16)(H,18,19). The summed E-state index contributed by atoms with van der Waals surface area (Å²) in [6, 6.07) is 4.17. The van der Waals surface area contributed by atoms with Crippen LogP contribution < -0.4 is 5.32 Å². The van der Waals surface area contributed by atoms with Gasteiger partial charge < -0.3 is 10.4 Å². The van der Waals surface area contributed by atoms with Gasteiger partial charge in [-0.25, -0.2) is 9.37 Å². The van der Waals surface area contributed by atoms with Gasteiger partial charge in [-0.3, -0.25) is 9.36 Å². The molecule has 0 saturated carbocycles. The maximum Gasteiger partial charge on any atom is 0.323 e. The first-order valence-electron chi connectivity index (χ1n) is 6.23. The van der Waals surface area contributed by atoms with Gasteiger partial charge in [-0.05, 0) is 24.6 Å². The Morgan fingerprint density at radius 1 is 1.53 bits per heavy atom. The summed E-state index contributed by atoms with van der Waals surface area (Å²) < 4.78 is 14.7. The highest BCUT2D eigenvalue weighted by molar-refractivity contribution is 5.81. The first-order valence-corrected chi connectivity index (χ1v) is 6.23. The summed E-state index contributed by atoms with van der Waals surface area (Å²) >= 11 is 0. The van der Waals surface area contributed by atoms with Crippen LogP contribution in [0.3, 0.4) is 0 Å². The Hall–Kier alpha value is -2.11. The van der Waals surface area contributed by atoms with E-state index in [0.717, 1.165) is 12.8 Å². The van der Waals surface area contributed by atoms with Crippen molar-refractivity contribution in [2.45, 2.75) is 26.3 Å². The van der Waals surface area contributed by atoms with Gasteiger partial charge in [0.2, 0.25) is 5.95 Å². The molecule has 0 bridgehead atoms. The van der Waals surface area contributed by atoms with Gasteiger partial charge in [-0.15, -0.1) is 0 Å². The molecule has 1 aromatic heterocycles. The molecular weight excluding hydrogens is 249 g/mol. The molecule has 1 heterocycles. The third kappa shape index (κ3) is 3.01. The Labute approximate surface area is 110 Å². The normalized spacial score (nSPS) is 10.8. The van der Waals surface area contributed by atoms with Crippen molar-refractivity contribution >= 4 is 23.0 Å². The second-order valence-electron chi connectivity index (χ2n) is 4.33. The van der Waals surface area contributed by atoms with Crippen LogP contribution in [0.4, 0.5) is 10.3 Å². The van der Waals surface area contributed by atoms with Crippen LogP contribution in [0.25, 0.3) is 11.0 Å². The highest BCUT2D eigenvalue weighted by atomic mass is 19.1. The van der Waals surface area contributed by atoms with Crippen molar-refractivity contribution in [3.05, 3.63) is 24.0 Å². The molecule has 2 rings (SSSR count). The highest BCUT2D eigenvalue weighted by Gasteiger charge is 2.13. The van der Waals surface area contributed by atoms with Crippen molar-refractivity contribution in [3.63, 3.8) is 0 Å². The number of anilines is 1. The number of aromatic nitrogens is 2. The number of carbonyl (C=O) groups is 1. The third-order valence-electron chi connectivity index (χ3n) is 2.82. The predicted molar refractivity (Wildman–Crippen MR) is 70.7 cm³/mol. The predicted octanol–water partition coefficient (Wildman–Crippen LogP) is 2.47. The van der Waals surface area contributed by atoms with E-state index in [4.69, 9.17) is 5.11 Å². The SMILES string of the molecule is CCCCNc1nc2ccc(F)cc2n1CC(=O)O. The fraction of sp³-hybridized carbons (Fsp3) is 0.385. The summed E-state index contributed by atoms with van der Waals surface area (Å²) in [5, 5.41) is 12.0. The Morgan fingerprint density at radius 2 is 2.32 bits per heavy atom. The molecular formula is C13H16FN3O2. The molecule has 0 amide bonds. The fourth-order valence-electron chi connectivity index (χ4n) is 1.90. The van der Waals surface area contributed by atoms with Crippen molar-refractivity contribution in [1.82, 2.24) is 9.55 Å². The number of rotatable bonds is 6. The van der Waals surface area contributed by atoms with E-state index in [2.05, 4.69) is 17.2 Å². The van der Waals surface area contributed by atoms with Crippen LogP contribution in [0.1, 0.15) is 19.8 Å². The molecule has 19 heavy (non-hydrogen) atoms. The number of hydrogen-bond acceptors (Lipinski definition) is 3. The largest absolute Gasteiger partial charge is 0.480 e. The van der Waals surface area contributed by atoms with Gasteiger partial charge in [0.25, 0.3) is 0 Å². The van der Waals surface area contributed by atoms with Crippen LogP contribution in [0, 0.1) is 5.82 Å². The monoisotopic (exact) mass is 265 g/mol. The maximum atomic E-state index is 13.3. The number of aliphatic carboxylic acids is 1. The number of carboxylic acid groups (broad SMARTS) is 1. The minimum Gasteiger partial charge on any atom is -0.480 e. The molecule has 0 aliphatic carbocycles. The molecule has 0 spiro atoms. The quantitative estimate of drug-likeness (QED) is 0.787. The van der Waals surface area contributed by atoms with Crippen molar-refractivity contribution in [1.29, 1.82) is 0 Å². The molecule has 1 aromatic carbocycles. The number of nitrogens with zero attached hydrogens (tertiary/aromatic N) is 2. The van der Waals surface area contributed by atoms with Gasteiger partial charge in [0, 0.05) is 6.54 Å². The molecule has 6 heteroatoms. The van der Waals surface area contributed by atoms with E-state index in [-0.39, 0.29) is 6.54 Å². The van der Waals surface area contributed by atoms with E-state index >= 15 is 0 Å². The van der Waals surface area contributed by atoms with Crippen molar-refractivity contribution < 1.29 is 14.3 Å². The molecule has 0 unspecified atom stereocenters. The molecule has 0 radical (unpaired) electrons. The van der Waals surface area contributed by atoms with Gasteiger partial charge in [0.05, 0.1) is 11.0 Å². The Bertz CT molecular complexity index is 595. The van der Waals surface area contributed by atoms with Gasteiger partial charge in [0.1, 0.15) is 12.4 Å². The lowest BCUT2D eigenvalue weighted by atomic mass is 10.3. The fourth-order valence-corrected chi connectivity index (χ4v) is 1.90. The van der Waals surface area contributed by atoms with Crippen molar-refractivity contribution in [2.75, 3.05) is 11.9 Å². The van der Waals surface area contributed by atoms with Crippen molar-refractivity contribution in [2.24, 2.45) is 0 Å². The number of imidazole rings is 1. The zero-order valence-electron chi connectivity index (χ0n) is 10.7. The molecule has 0 aliphatic heterocycles. The number of unbranched alkanes of at least 4 members (excludes halogenated alkanes) is 1. The summed E-state index contributed by atoms with van der Waals surface area (Å²) in [5.74, 6) is -0.919. The van der Waals surface area contributed by atoms with E-state index < -0.39 is 11.8 Å². The van der Waals surface area contributed by atoms with E-state index in [9.17, 15) is 9.18 Å². The van der Waals surface area contributed by atoms with Crippen LogP contribution in [-0.2, 0) is 11.3 Å². The summed E-state index contributed by atoms with van der Waals surface area (Å²) in [6.45, 7) is 2.54. The first kappa shape index (κ1) is 13.3. The number of benzene rings is 1. The van der Waals surface area contributed by atoms with Gasteiger partial charge >= 0.3 is 5.97 Å². The molecule has 102 valence electrons. The topological polar surface area (TPSA) is 67.2 Å². The summed E-state index contributed by atoms with van der Waals surface area (Å²) in [7, 11) is 0. The lowest BCUT2D eigenvalue weighted by Crippen LogP contribution is -2.13. The summed E-state index contributed by atoms with van der Waals surface area (Å²) in [6.07, 6.45) is 1.99. The Kier molecular flexibility index (Phi) is 3.99. The van der Waals surface area contributed by atoms with Crippen LogP contribution in [0.5, 0.6) is 0 Å². The summed E-state index contributed by atoms with van der Waals surface area (Å²) in [5.41, 5.74) is 1.07. The molecule has 2 aromatic rings. The van der Waals surface area contributed by atoms with Gasteiger partial charge in [-0.1, -0.05) is 13.3 Å². The minimum absolute atomic E-state index is 0.242. The average molecular weight is 265 g/mol. The van der Waals surface area contributed by atoms with Gasteiger partial charge in [0.15, 0.2) is 0 Å². The van der Waals surface area contributed by atoms with E-state index in [1.165, 1.54) is 16.7 Å². The van der Waals surface area contributed by atoms with E-state index in [1.54, 1.807) is 6.07 Å². The van der Waals surface area contributed by atoms with Crippen LogP contribution in [-0.4, -0.2) is 27.2 Å². The first-order chi connectivity index (χ1) is 9.11. The molecule has 0 saturated heterocycles.